The third-order valence-electron chi connectivity index (χ3n) is 3.26. The van der Waals surface area contributed by atoms with Crippen LogP contribution in [-0.2, 0) is 6.42 Å². The summed E-state index contributed by atoms with van der Waals surface area (Å²) in [6.07, 6.45) is 8.03. The third-order valence-corrected chi connectivity index (χ3v) is 3.26. The number of pyridine rings is 1. The third kappa shape index (κ3) is 3.23. The van der Waals surface area contributed by atoms with Gasteiger partial charge in [-0.2, -0.15) is 0 Å². The summed E-state index contributed by atoms with van der Waals surface area (Å²) in [7, 11) is 0. The van der Waals surface area contributed by atoms with Crippen LogP contribution < -0.4 is 0 Å². The van der Waals surface area contributed by atoms with Crippen molar-refractivity contribution in [1.29, 1.82) is 0 Å². The van der Waals surface area contributed by atoms with Crippen molar-refractivity contribution in [2.75, 3.05) is 0 Å². The quantitative estimate of drug-likeness (QED) is 0.777. The molecule has 23 heavy (non-hydrogen) atoms. The number of aromatic carboxylic acids is 1. The predicted octanol–water partition coefficient (Wildman–Crippen LogP) is 2.38. The molecule has 7 nitrogen and oxygen atoms in total. The maximum Gasteiger partial charge on any atom is 0.356 e. The molecule has 3 aromatic heterocycles. The molecular weight excluding hydrogens is 294 g/mol. The van der Waals surface area contributed by atoms with E-state index in [0.29, 0.717) is 11.6 Å². The lowest BCUT2D eigenvalue weighted by Gasteiger charge is -2.08. The monoisotopic (exact) mass is 309 g/mol. The Kier molecular flexibility index (Phi) is 4.09. The minimum absolute atomic E-state index is 0.0245. The number of aromatic nitrogens is 5. The van der Waals surface area contributed by atoms with E-state index in [2.05, 4.69) is 26.9 Å². The number of nitrogens with zero attached hydrogens (tertiary/aromatic N) is 5. The summed E-state index contributed by atoms with van der Waals surface area (Å²) >= 11 is 0. The highest BCUT2D eigenvalue weighted by Crippen LogP contribution is 2.17. The molecule has 1 N–H and O–H groups in total. The van der Waals surface area contributed by atoms with Gasteiger partial charge in [-0.25, -0.2) is 19.7 Å². The maximum absolute atomic E-state index is 11.0. The van der Waals surface area contributed by atoms with Gasteiger partial charge in [0.2, 0.25) is 0 Å². The molecule has 116 valence electrons. The zero-order valence-corrected chi connectivity index (χ0v) is 12.5. The molecule has 0 atom stereocenters. The van der Waals surface area contributed by atoms with Crippen LogP contribution in [0.4, 0.5) is 0 Å². The second-order valence-corrected chi connectivity index (χ2v) is 5.00. The van der Waals surface area contributed by atoms with Gasteiger partial charge in [0.15, 0.2) is 11.5 Å². The van der Waals surface area contributed by atoms with Crippen molar-refractivity contribution >= 4 is 5.97 Å². The summed E-state index contributed by atoms with van der Waals surface area (Å²) in [5, 5.41) is 9.00. The molecule has 0 radical (unpaired) electrons. The topological polar surface area (TPSA) is 93.8 Å². The first kappa shape index (κ1) is 14.8. The number of rotatable bonds is 5. The Bertz CT molecular complexity index is 829. The first-order valence-electron chi connectivity index (χ1n) is 7.23. The number of imidazole rings is 1. The van der Waals surface area contributed by atoms with E-state index >= 15 is 0 Å². The number of carboxylic acid groups (broad SMARTS) is 1. The van der Waals surface area contributed by atoms with Gasteiger partial charge in [0.05, 0.1) is 0 Å². The fourth-order valence-electron chi connectivity index (χ4n) is 2.18. The van der Waals surface area contributed by atoms with Crippen molar-refractivity contribution in [2.45, 2.75) is 19.8 Å². The smallest absolute Gasteiger partial charge is 0.356 e. The normalized spacial score (nSPS) is 10.7. The van der Waals surface area contributed by atoms with Gasteiger partial charge in [-0.3, -0.25) is 9.55 Å². The van der Waals surface area contributed by atoms with Crippen LogP contribution in [0.25, 0.3) is 17.2 Å². The molecule has 0 amide bonds. The molecule has 7 heteroatoms. The average molecular weight is 309 g/mol. The van der Waals surface area contributed by atoms with Crippen molar-refractivity contribution in [2.24, 2.45) is 0 Å². The van der Waals surface area contributed by atoms with Crippen LogP contribution in [0.5, 0.6) is 0 Å². The average Bonchev–Trinajstić information content (AvgIpc) is 3.06. The first-order chi connectivity index (χ1) is 11.2. The second-order valence-electron chi connectivity index (χ2n) is 5.00. The summed E-state index contributed by atoms with van der Waals surface area (Å²) in [4.78, 5) is 28.0. The van der Waals surface area contributed by atoms with Crippen LogP contribution >= 0.6 is 0 Å². The lowest BCUT2D eigenvalue weighted by molar-refractivity contribution is 0.0691. The fraction of sp³-hybridized carbons (Fsp3) is 0.188. The number of hydrogen-bond acceptors (Lipinski definition) is 5. The van der Waals surface area contributed by atoms with E-state index in [1.54, 1.807) is 17.0 Å². The van der Waals surface area contributed by atoms with E-state index in [4.69, 9.17) is 5.11 Å². The predicted molar refractivity (Wildman–Crippen MR) is 83.3 cm³/mol. The Morgan fingerprint density at radius 1 is 1.35 bits per heavy atom. The SMILES string of the molecule is CCCc1cc(-n2cnc(C(=O)O)c2)nc(-c2cccnc2)n1. The first-order valence-corrected chi connectivity index (χ1v) is 7.23. The highest BCUT2D eigenvalue weighted by molar-refractivity contribution is 5.85. The minimum atomic E-state index is -1.07. The van der Waals surface area contributed by atoms with Gasteiger partial charge in [0, 0.05) is 35.9 Å². The van der Waals surface area contributed by atoms with Crippen molar-refractivity contribution < 1.29 is 9.90 Å². The highest BCUT2D eigenvalue weighted by atomic mass is 16.4. The Hall–Kier alpha value is -3.09. The van der Waals surface area contributed by atoms with Crippen LogP contribution in [0, 0.1) is 0 Å². The Balaban J connectivity index is 2.08. The molecule has 0 bridgehead atoms. The van der Waals surface area contributed by atoms with Gasteiger partial charge in [0.1, 0.15) is 12.1 Å². The Morgan fingerprint density at radius 3 is 2.87 bits per heavy atom. The number of hydrogen-bond donors (Lipinski definition) is 1. The summed E-state index contributed by atoms with van der Waals surface area (Å²) in [6.45, 7) is 2.07. The number of carboxylic acids is 1. The van der Waals surface area contributed by atoms with Crippen molar-refractivity contribution in [3.8, 4) is 17.2 Å². The zero-order chi connectivity index (χ0) is 16.2. The van der Waals surface area contributed by atoms with Crippen LogP contribution in [0.3, 0.4) is 0 Å². The molecule has 3 heterocycles. The van der Waals surface area contributed by atoms with Crippen molar-refractivity contribution in [3.63, 3.8) is 0 Å². The van der Waals surface area contributed by atoms with Gasteiger partial charge in [-0.05, 0) is 18.6 Å². The molecule has 0 fully saturated rings. The van der Waals surface area contributed by atoms with Gasteiger partial charge in [0.25, 0.3) is 0 Å². The summed E-state index contributed by atoms with van der Waals surface area (Å²) in [6, 6.07) is 5.56. The molecular formula is C16H15N5O2. The van der Waals surface area contributed by atoms with E-state index in [-0.39, 0.29) is 5.69 Å². The fourth-order valence-corrected chi connectivity index (χ4v) is 2.18. The van der Waals surface area contributed by atoms with Gasteiger partial charge >= 0.3 is 5.97 Å². The minimum Gasteiger partial charge on any atom is -0.476 e. The zero-order valence-electron chi connectivity index (χ0n) is 12.5. The molecule has 0 aliphatic carbocycles. The second kappa shape index (κ2) is 6.35. The molecule has 0 saturated carbocycles. The molecule has 3 aromatic rings. The molecule has 0 unspecified atom stereocenters. The van der Waals surface area contributed by atoms with Crippen molar-refractivity contribution in [1.82, 2.24) is 24.5 Å². The van der Waals surface area contributed by atoms with E-state index in [1.807, 2.05) is 18.2 Å². The van der Waals surface area contributed by atoms with E-state index in [9.17, 15) is 4.79 Å². The highest BCUT2D eigenvalue weighted by Gasteiger charge is 2.11. The summed E-state index contributed by atoms with van der Waals surface area (Å²) in [5.74, 6) is 0.0750. The Morgan fingerprint density at radius 2 is 2.22 bits per heavy atom. The van der Waals surface area contributed by atoms with E-state index in [0.717, 1.165) is 24.1 Å². The van der Waals surface area contributed by atoms with Crippen molar-refractivity contribution in [3.05, 3.63) is 54.5 Å². The van der Waals surface area contributed by atoms with E-state index in [1.165, 1.54) is 12.5 Å². The van der Waals surface area contributed by atoms with Crippen LogP contribution in [0.2, 0.25) is 0 Å². The molecule has 0 spiro atoms. The molecule has 3 rings (SSSR count). The molecule has 0 saturated heterocycles. The van der Waals surface area contributed by atoms with Gasteiger partial charge < -0.3 is 5.11 Å². The van der Waals surface area contributed by atoms with Crippen LogP contribution in [-0.4, -0.2) is 35.6 Å². The molecule has 0 aliphatic heterocycles. The van der Waals surface area contributed by atoms with E-state index < -0.39 is 5.97 Å². The number of carbonyl (C=O) groups is 1. The summed E-state index contributed by atoms with van der Waals surface area (Å²) in [5.41, 5.74) is 1.68. The standard InChI is InChI=1S/C16H15N5O2/c1-2-4-12-7-14(21-9-13(16(22)23)18-10-21)20-15(19-12)11-5-3-6-17-8-11/h3,5-10H,2,4H2,1H3,(H,22,23). The van der Waals surface area contributed by atoms with Gasteiger partial charge in [-0.1, -0.05) is 13.3 Å². The number of aryl methyl sites for hydroxylation is 1. The Labute approximate surface area is 132 Å². The largest absolute Gasteiger partial charge is 0.476 e. The van der Waals surface area contributed by atoms with Crippen LogP contribution in [0.1, 0.15) is 29.5 Å². The lowest BCUT2D eigenvalue weighted by Crippen LogP contribution is -2.03. The maximum atomic E-state index is 11.0. The van der Waals surface area contributed by atoms with Crippen LogP contribution in [0.15, 0.2) is 43.1 Å². The summed E-state index contributed by atoms with van der Waals surface area (Å²) < 4.78 is 1.59. The molecule has 0 aliphatic rings. The molecule has 0 aromatic carbocycles. The lowest BCUT2D eigenvalue weighted by atomic mass is 10.2. The van der Waals surface area contributed by atoms with Gasteiger partial charge in [-0.15, -0.1) is 0 Å².